The highest BCUT2D eigenvalue weighted by molar-refractivity contribution is 7.96. The summed E-state index contributed by atoms with van der Waals surface area (Å²) in [6.07, 6.45) is 5.04. The Kier molecular flexibility index (Phi) is 6.35. The zero-order chi connectivity index (χ0) is 21.3. The summed E-state index contributed by atoms with van der Waals surface area (Å²) in [4.78, 5) is 0.413. The predicted octanol–water partition coefficient (Wildman–Crippen LogP) is 5.29. The van der Waals surface area contributed by atoms with E-state index in [1.807, 2.05) is 59.7 Å². The Morgan fingerprint density at radius 3 is 2.00 bits per heavy atom. The van der Waals surface area contributed by atoms with Gasteiger partial charge in [0.15, 0.2) is 15.1 Å². The van der Waals surface area contributed by atoms with Crippen molar-refractivity contribution in [1.82, 2.24) is 0 Å². The van der Waals surface area contributed by atoms with E-state index in [0.717, 1.165) is 36.0 Å². The van der Waals surface area contributed by atoms with E-state index in [1.54, 1.807) is 6.08 Å². The van der Waals surface area contributed by atoms with Crippen LogP contribution in [-0.2, 0) is 27.1 Å². The number of phenols is 1. The first-order valence-electron chi connectivity index (χ1n) is 9.98. The lowest BCUT2D eigenvalue weighted by Gasteiger charge is -2.28. The van der Waals surface area contributed by atoms with Crippen molar-refractivity contribution in [3.05, 3.63) is 39.8 Å². The molecule has 4 nitrogen and oxygen atoms in total. The van der Waals surface area contributed by atoms with Crippen molar-refractivity contribution >= 4 is 9.84 Å². The van der Waals surface area contributed by atoms with Gasteiger partial charge >= 0.3 is 0 Å². The number of hydrogen-bond acceptors (Lipinski definition) is 4. The lowest BCUT2D eigenvalue weighted by Crippen LogP contribution is -2.25. The molecule has 1 unspecified atom stereocenters. The number of phenolic OH excluding ortho intramolecular Hbond substituents is 1. The van der Waals surface area contributed by atoms with Gasteiger partial charge in [-0.2, -0.15) is 5.26 Å². The van der Waals surface area contributed by atoms with E-state index in [0.29, 0.717) is 11.3 Å². The summed E-state index contributed by atoms with van der Waals surface area (Å²) in [6, 6.07) is 5.75. The zero-order valence-corrected chi connectivity index (χ0v) is 18.8. The molecule has 1 aliphatic carbocycles. The smallest absolute Gasteiger partial charge is 0.190 e. The van der Waals surface area contributed by atoms with Crippen LogP contribution in [0.1, 0.15) is 83.9 Å². The van der Waals surface area contributed by atoms with Gasteiger partial charge in [0.1, 0.15) is 5.75 Å². The fourth-order valence-corrected chi connectivity index (χ4v) is 5.34. The standard InChI is InChI=1S/C23H33NO3S/c1-22(2,3)19-13-16(14-20(21(19)25)23(4,5)6)12-18(15-24)28(26,27)17-10-8-7-9-11-17/h10,13-14,18,25H,7-9,11-12H2,1-6H3. The van der Waals surface area contributed by atoms with Gasteiger partial charge in [-0.25, -0.2) is 8.42 Å². The molecule has 1 aliphatic rings. The molecule has 1 aromatic rings. The third kappa shape index (κ3) is 4.78. The summed E-state index contributed by atoms with van der Waals surface area (Å²) in [5, 5.41) is 19.4. The molecule has 1 aromatic carbocycles. The predicted molar refractivity (Wildman–Crippen MR) is 114 cm³/mol. The van der Waals surface area contributed by atoms with Crippen LogP contribution in [0.5, 0.6) is 5.75 Å². The van der Waals surface area contributed by atoms with E-state index in [9.17, 15) is 18.8 Å². The summed E-state index contributed by atoms with van der Waals surface area (Å²) < 4.78 is 26.0. The van der Waals surface area contributed by atoms with Gasteiger partial charge in [0.25, 0.3) is 0 Å². The van der Waals surface area contributed by atoms with E-state index < -0.39 is 15.1 Å². The van der Waals surface area contributed by atoms with Crippen molar-refractivity contribution in [2.75, 3.05) is 0 Å². The third-order valence-electron chi connectivity index (χ3n) is 5.34. The topological polar surface area (TPSA) is 78.2 Å². The summed E-state index contributed by atoms with van der Waals surface area (Å²) in [6.45, 7) is 12.1. The number of aromatic hydroxyl groups is 1. The Balaban J connectivity index is 2.52. The second kappa shape index (κ2) is 7.91. The number of nitrogens with zero attached hydrogens (tertiary/aromatic N) is 1. The molecule has 28 heavy (non-hydrogen) atoms. The first-order chi connectivity index (χ1) is 12.8. The van der Waals surface area contributed by atoms with Crippen LogP contribution in [-0.4, -0.2) is 18.8 Å². The zero-order valence-electron chi connectivity index (χ0n) is 18.0. The van der Waals surface area contributed by atoms with Crippen LogP contribution >= 0.6 is 0 Å². The number of rotatable bonds is 4. The Labute approximate surface area is 170 Å². The summed E-state index contributed by atoms with van der Waals surface area (Å²) in [5.41, 5.74) is 1.74. The molecular formula is C23H33NO3S. The van der Waals surface area contributed by atoms with Gasteiger partial charge in [0.2, 0.25) is 0 Å². The lowest BCUT2D eigenvalue weighted by molar-refractivity contribution is 0.422. The minimum absolute atomic E-state index is 0.128. The van der Waals surface area contributed by atoms with Gasteiger partial charge in [-0.05, 0) is 53.2 Å². The Morgan fingerprint density at radius 1 is 1.07 bits per heavy atom. The largest absolute Gasteiger partial charge is 0.507 e. The van der Waals surface area contributed by atoms with Crippen LogP contribution < -0.4 is 0 Å². The van der Waals surface area contributed by atoms with E-state index in [1.165, 1.54) is 0 Å². The van der Waals surface area contributed by atoms with Crippen molar-refractivity contribution in [1.29, 1.82) is 5.26 Å². The molecule has 0 heterocycles. The third-order valence-corrected chi connectivity index (χ3v) is 7.46. The highest BCUT2D eigenvalue weighted by atomic mass is 32.2. The van der Waals surface area contributed by atoms with Crippen LogP contribution in [0.2, 0.25) is 0 Å². The molecule has 0 fully saturated rings. The fraction of sp³-hybridized carbons (Fsp3) is 0.609. The van der Waals surface area contributed by atoms with Gasteiger partial charge in [-0.1, -0.05) is 59.8 Å². The second-order valence-corrected chi connectivity index (χ2v) is 12.0. The number of hydrogen-bond donors (Lipinski definition) is 1. The molecule has 0 amide bonds. The van der Waals surface area contributed by atoms with Gasteiger partial charge < -0.3 is 5.11 Å². The average molecular weight is 404 g/mol. The maximum absolute atomic E-state index is 13.0. The molecule has 0 aromatic heterocycles. The maximum atomic E-state index is 13.0. The molecule has 1 atom stereocenters. The quantitative estimate of drug-likeness (QED) is 0.740. The summed E-state index contributed by atoms with van der Waals surface area (Å²) in [5.74, 6) is 0.259. The second-order valence-electron chi connectivity index (χ2n) is 9.82. The van der Waals surface area contributed by atoms with Crippen LogP contribution in [0.3, 0.4) is 0 Å². The average Bonchev–Trinajstić information content (AvgIpc) is 2.59. The van der Waals surface area contributed by atoms with Crippen LogP contribution in [0.15, 0.2) is 23.1 Å². The maximum Gasteiger partial charge on any atom is 0.190 e. The van der Waals surface area contributed by atoms with Gasteiger partial charge in [-0.3, -0.25) is 0 Å². The molecule has 0 radical (unpaired) electrons. The first kappa shape index (κ1) is 22.5. The minimum Gasteiger partial charge on any atom is -0.507 e. The molecule has 0 bridgehead atoms. The number of allylic oxidation sites excluding steroid dienone is 2. The minimum atomic E-state index is -3.64. The van der Waals surface area contributed by atoms with Crippen molar-refractivity contribution in [2.24, 2.45) is 0 Å². The van der Waals surface area contributed by atoms with Gasteiger partial charge in [0.05, 0.1) is 6.07 Å². The molecule has 2 rings (SSSR count). The van der Waals surface area contributed by atoms with Crippen molar-refractivity contribution in [3.8, 4) is 11.8 Å². The molecule has 0 spiro atoms. The van der Waals surface area contributed by atoms with E-state index in [2.05, 4.69) is 0 Å². The van der Waals surface area contributed by atoms with Crippen molar-refractivity contribution in [3.63, 3.8) is 0 Å². The van der Waals surface area contributed by atoms with Gasteiger partial charge in [-0.15, -0.1) is 0 Å². The normalized spacial score (nSPS) is 17.0. The van der Waals surface area contributed by atoms with Crippen LogP contribution in [0, 0.1) is 11.3 Å². The summed E-state index contributed by atoms with van der Waals surface area (Å²) in [7, 11) is -3.64. The fourth-order valence-electron chi connectivity index (χ4n) is 3.64. The Hall–Kier alpha value is -1.80. The highest BCUT2D eigenvalue weighted by Gasteiger charge is 2.32. The van der Waals surface area contributed by atoms with E-state index >= 15 is 0 Å². The summed E-state index contributed by atoms with van der Waals surface area (Å²) >= 11 is 0. The number of nitriles is 1. The number of benzene rings is 1. The molecule has 154 valence electrons. The van der Waals surface area contributed by atoms with Crippen molar-refractivity contribution < 1.29 is 13.5 Å². The van der Waals surface area contributed by atoms with Crippen LogP contribution in [0.4, 0.5) is 0 Å². The molecule has 5 heteroatoms. The van der Waals surface area contributed by atoms with Gasteiger partial charge in [0, 0.05) is 11.3 Å². The van der Waals surface area contributed by atoms with E-state index in [4.69, 9.17) is 0 Å². The Bertz CT molecular complexity index is 872. The number of sulfone groups is 1. The van der Waals surface area contributed by atoms with Crippen LogP contribution in [0.25, 0.3) is 0 Å². The molecule has 0 aliphatic heterocycles. The first-order valence-corrected chi connectivity index (χ1v) is 11.5. The van der Waals surface area contributed by atoms with E-state index in [-0.39, 0.29) is 23.0 Å². The Morgan fingerprint density at radius 2 is 1.61 bits per heavy atom. The molecule has 1 N–H and O–H groups in total. The highest BCUT2D eigenvalue weighted by Crippen LogP contribution is 2.40. The lowest BCUT2D eigenvalue weighted by atomic mass is 9.78. The molecule has 0 saturated heterocycles. The molecule has 0 saturated carbocycles. The van der Waals surface area contributed by atoms with Crippen molar-refractivity contribution in [2.45, 2.75) is 89.7 Å². The SMILES string of the molecule is CC(C)(C)c1cc(CC(C#N)S(=O)(=O)C2=CCCCC2)cc(C(C)(C)C)c1O. The molecular weight excluding hydrogens is 370 g/mol. The monoisotopic (exact) mass is 403 g/mol.